The second kappa shape index (κ2) is 8.13. The van der Waals surface area contributed by atoms with E-state index in [4.69, 9.17) is 9.73 Å². The maximum Gasteiger partial charge on any atom is 0.216 e. The van der Waals surface area contributed by atoms with Crippen molar-refractivity contribution in [3.63, 3.8) is 0 Å². The highest BCUT2D eigenvalue weighted by Gasteiger charge is 2.24. The Kier molecular flexibility index (Phi) is 5.67. The van der Waals surface area contributed by atoms with E-state index in [9.17, 15) is 5.11 Å². The van der Waals surface area contributed by atoms with Crippen molar-refractivity contribution >= 4 is 12.0 Å². The van der Waals surface area contributed by atoms with Gasteiger partial charge in [0.25, 0.3) is 0 Å². The summed E-state index contributed by atoms with van der Waals surface area (Å²) in [6.45, 7) is 4.95. The molecule has 1 aliphatic heterocycles. The van der Waals surface area contributed by atoms with E-state index in [1.807, 2.05) is 66.7 Å². The lowest BCUT2D eigenvalue weighted by Gasteiger charge is -2.11. The maximum atomic E-state index is 10.4. The minimum absolute atomic E-state index is 0.214. The van der Waals surface area contributed by atoms with Crippen molar-refractivity contribution in [2.45, 2.75) is 32.4 Å². The molecule has 0 fully saturated rings. The first kappa shape index (κ1) is 17.4. The average molecular weight is 335 g/mol. The van der Waals surface area contributed by atoms with Crippen LogP contribution in [-0.4, -0.2) is 29.8 Å². The van der Waals surface area contributed by atoms with Gasteiger partial charge in [-0.1, -0.05) is 74.5 Å². The Morgan fingerprint density at radius 2 is 1.84 bits per heavy atom. The summed E-state index contributed by atoms with van der Waals surface area (Å²) in [5.41, 5.74) is 3.12. The summed E-state index contributed by atoms with van der Waals surface area (Å²) in [6, 6.07) is 18.2. The minimum atomic E-state index is -0.552. The molecular weight excluding hydrogens is 310 g/mol. The van der Waals surface area contributed by atoms with Gasteiger partial charge in [-0.15, -0.1) is 0 Å². The van der Waals surface area contributed by atoms with Crippen molar-refractivity contribution in [2.24, 2.45) is 10.9 Å². The molecule has 0 spiro atoms. The lowest BCUT2D eigenvalue weighted by Crippen LogP contribution is -2.13. The highest BCUT2D eigenvalue weighted by Crippen LogP contribution is 2.21. The standard InChI is InChI=1S/C22H25NO2/c1-16(2)21-15-25-22(23-21)20-11-7-6-10-18(20)14-19(24)13-12-17-8-4-3-5-9-17/h3-13,16,19,21,24H,14-15H2,1-2H3/b13-12+/t19-,21-/m1/s1. The van der Waals surface area contributed by atoms with Gasteiger partial charge in [-0.05, 0) is 23.1 Å². The number of nitrogens with zero attached hydrogens (tertiary/aromatic N) is 1. The summed E-state index contributed by atoms with van der Waals surface area (Å²) in [5.74, 6) is 1.16. The van der Waals surface area contributed by atoms with Crippen LogP contribution >= 0.6 is 0 Å². The summed E-state index contributed by atoms with van der Waals surface area (Å²) in [7, 11) is 0. The van der Waals surface area contributed by atoms with Crippen molar-refractivity contribution in [3.05, 3.63) is 77.4 Å². The van der Waals surface area contributed by atoms with Gasteiger partial charge in [0.1, 0.15) is 6.61 Å². The van der Waals surface area contributed by atoms with Crippen LogP contribution in [0.2, 0.25) is 0 Å². The second-order valence-corrected chi connectivity index (χ2v) is 6.76. The third kappa shape index (κ3) is 4.58. The first-order valence-electron chi connectivity index (χ1n) is 8.83. The van der Waals surface area contributed by atoms with Crippen LogP contribution in [-0.2, 0) is 11.2 Å². The number of hydrogen-bond donors (Lipinski definition) is 1. The molecular formula is C22H25NO2. The van der Waals surface area contributed by atoms with Gasteiger partial charge in [0, 0.05) is 12.0 Å². The lowest BCUT2D eigenvalue weighted by atomic mass is 10.0. The molecule has 0 aromatic heterocycles. The summed E-state index contributed by atoms with van der Waals surface area (Å²) in [6.07, 6.45) is 3.77. The van der Waals surface area contributed by atoms with Crippen LogP contribution in [0.25, 0.3) is 6.08 Å². The molecule has 3 nitrogen and oxygen atoms in total. The van der Waals surface area contributed by atoms with Crippen molar-refractivity contribution in [1.82, 2.24) is 0 Å². The Hall–Kier alpha value is -2.39. The van der Waals surface area contributed by atoms with Crippen molar-refractivity contribution in [1.29, 1.82) is 0 Å². The molecule has 0 amide bonds. The number of benzene rings is 2. The van der Waals surface area contributed by atoms with Gasteiger partial charge in [-0.3, -0.25) is 0 Å². The highest BCUT2D eigenvalue weighted by molar-refractivity contribution is 5.96. The monoisotopic (exact) mass is 335 g/mol. The van der Waals surface area contributed by atoms with E-state index >= 15 is 0 Å². The Morgan fingerprint density at radius 1 is 1.12 bits per heavy atom. The number of aliphatic hydroxyl groups excluding tert-OH is 1. The summed E-state index contributed by atoms with van der Waals surface area (Å²) < 4.78 is 5.81. The van der Waals surface area contributed by atoms with Gasteiger partial charge in [-0.2, -0.15) is 0 Å². The first-order chi connectivity index (χ1) is 12.1. The van der Waals surface area contributed by atoms with Crippen molar-refractivity contribution in [3.8, 4) is 0 Å². The van der Waals surface area contributed by atoms with Crippen LogP contribution in [0.3, 0.4) is 0 Å². The molecule has 3 heteroatoms. The zero-order valence-corrected chi connectivity index (χ0v) is 14.8. The zero-order chi connectivity index (χ0) is 17.6. The fourth-order valence-corrected chi connectivity index (χ4v) is 2.86. The van der Waals surface area contributed by atoms with Crippen LogP contribution in [0.4, 0.5) is 0 Å². The topological polar surface area (TPSA) is 41.8 Å². The third-order valence-electron chi connectivity index (χ3n) is 4.43. The normalized spacial score (nSPS) is 18.4. The molecule has 0 saturated heterocycles. The van der Waals surface area contributed by atoms with E-state index in [0.29, 0.717) is 24.8 Å². The molecule has 0 aliphatic carbocycles. The molecule has 1 aliphatic rings. The molecule has 0 unspecified atom stereocenters. The number of ether oxygens (including phenoxy) is 1. The predicted molar refractivity (Wildman–Crippen MR) is 103 cm³/mol. The van der Waals surface area contributed by atoms with E-state index < -0.39 is 6.10 Å². The largest absolute Gasteiger partial charge is 0.475 e. The van der Waals surface area contributed by atoms with E-state index in [1.54, 1.807) is 0 Å². The van der Waals surface area contributed by atoms with Crippen LogP contribution in [0.5, 0.6) is 0 Å². The summed E-state index contributed by atoms with van der Waals surface area (Å²) >= 11 is 0. The van der Waals surface area contributed by atoms with Crippen LogP contribution < -0.4 is 0 Å². The Bertz CT molecular complexity index is 750. The molecule has 1 heterocycles. The summed E-state index contributed by atoms with van der Waals surface area (Å²) in [5, 5.41) is 10.4. The highest BCUT2D eigenvalue weighted by atomic mass is 16.5. The molecule has 0 saturated carbocycles. The number of aliphatic imine (C=N–C) groups is 1. The van der Waals surface area contributed by atoms with Gasteiger partial charge >= 0.3 is 0 Å². The Balaban J connectivity index is 1.73. The number of aliphatic hydroxyl groups is 1. The molecule has 0 radical (unpaired) electrons. The van der Waals surface area contributed by atoms with Gasteiger partial charge in [0.2, 0.25) is 5.90 Å². The second-order valence-electron chi connectivity index (χ2n) is 6.76. The molecule has 2 aromatic rings. The Labute approximate surface area is 149 Å². The van der Waals surface area contributed by atoms with Gasteiger partial charge < -0.3 is 9.84 Å². The minimum Gasteiger partial charge on any atom is -0.475 e. The molecule has 0 bridgehead atoms. The fourth-order valence-electron chi connectivity index (χ4n) is 2.86. The van der Waals surface area contributed by atoms with E-state index in [-0.39, 0.29) is 6.04 Å². The maximum absolute atomic E-state index is 10.4. The molecule has 130 valence electrons. The van der Waals surface area contributed by atoms with Crippen molar-refractivity contribution < 1.29 is 9.84 Å². The Morgan fingerprint density at radius 3 is 2.56 bits per heavy atom. The molecule has 3 rings (SSSR count). The lowest BCUT2D eigenvalue weighted by molar-refractivity contribution is 0.224. The van der Waals surface area contributed by atoms with Gasteiger partial charge in [-0.25, -0.2) is 4.99 Å². The van der Waals surface area contributed by atoms with E-state index in [2.05, 4.69) is 13.8 Å². The number of hydrogen-bond acceptors (Lipinski definition) is 3. The third-order valence-corrected chi connectivity index (χ3v) is 4.43. The molecule has 25 heavy (non-hydrogen) atoms. The van der Waals surface area contributed by atoms with Crippen molar-refractivity contribution in [2.75, 3.05) is 6.61 Å². The first-order valence-corrected chi connectivity index (χ1v) is 8.83. The quantitative estimate of drug-likeness (QED) is 0.863. The molecule has 2 aromatic carbocycles. The predicted octanol–water partition coefficient (Wildman–Crippen LogP) is 4.10. The smallest absolute Gasteiger partial charge is 0.216 e. The number of rotatable bonds is 6. The van der Waals surface area contributed by atoms with Crippen LogP contribution in [0.1, 0.15) is 30.5 Å². The summed E-state index contributed by atoms with van der Waals surface area (Å²) in [4.78, 5) is 4.71. The van der Waals surface area contributed by atoms with E-state index in [0.717, 1.165) is 16.7 Å². The van der Waals surface area contributed by atoms with E-state index in [1.165, 1.54) is 0 Å². The molecule has 1 N–H and O–H groups in total. The zero-order valence-electron chi connectivity index (χ0n) is 14.8. The fraction of sp³-hybridized carbons (Fsp3) is 0.318. The average Bonchev–Trinajstić information content (AvgIpc) is 3.12. The van der Waals surface area contributed by atoms with Crippen LogP contribution in [0.15, 0.2) is 65.7 Å². The van der Waals surface area contributed by atoms with Crippen LogP contribution in [0, 0.1) is 5.92 Å². The molecule has 2 atom stereocenters. The van der Waals surface area contributed by atoms with Gasteiger partial charge in [0.15, 0.2) is 0 Å². The van der Waals surface area contributed by atoms with Gasteiger partial charge in [0.05, 0.1) is 12.1 Å². The SMILES string of the molecule is CC(C)[C@H]1COC(c2ccccc2C[C@H](O)/C=C/c2ccccc2)=N1.